The van der Waals surface area contributed by atoms with Gasteiger partial charge in [0.15, 0.2) is 0 Å². The number of hydrogen-bond acceptors (Lipinski definition) is 2. The third-order valence-electron chi connectivity index (χ3n) is 2.92. The van der Waals surface area contributed by atoms with Crippen LogP contribution in [0.25, 0.3) is 0 Å². The SMILES string of the molecule is O=C(c1cccc(Cl)c1)N1CCC[C@@H]1CO. The van der Waals surface area contributed by atoms with E-state index in [0.717, 1.165) is 19.4 Å². The highest BCUT2D eigenvalue weighted by Crippen LogP contribution is 2.20. The molecule has 86 valence electrons. The van der Waals surface area contributed by atoms with Gasteiger partial charge in [0.1, 0.15) is 0 Å². The third-order valence-corrected chi connectivity index (χ3v) is 3.16. The Morgan fingerprint density at radius 1 is 1.56 bits per heavy atom. The summed E-state index contributed by atoms with van der Waals surface area (Å²) in [6.45, 7) is 0.753. The van der Waals surface area contributed by atoms with Crippen LogP contribution in [-0.4, -0.2) is 35.1 Å². The lowest BCUT2D eigenvalue weighted by Crippen LogP contribution is -2.37. The maximum Gasteiger partial charge on any atom is 0.254 e. The minimum absolute atomic E-state index is 0.0340. The number of hydrogen-bond donors (Lipinski definition) is 1. The summed E-state index contributed by atoms with van der Waals surface area (Å²) in [5, 5.41) is 9.73. The molecule has 16 heavy (non-hydrogen) atoms. The van der Waals surface area contributed by atoms with Gasteiger partial charge in [-0.25, -0.2) is 0 Å². The first kappa shape index (κ1) is 11.4. The summed E-state index contributed by atoms with van der Waals surface area (Å²) in [7, 11) is 0. The second-order valence-electron chi connectivity index (χ2n) is 3.99. The van der Waals surface area contributed by atoms with Crippen molar-refractivity contribution in [2.24, 2.45) is 0 Å². The van der Waals surface area contributed by atoms with Gasteiger partial charge in [-0.1, -0.05) is 17.7 Å². The number of amides is 1. The largest absolute Gasteiger partial charge is 0.394 e. The third kappa shape index (κ3) is 2.20. The zero-order chi connectivity index (χ0) is 11.5. The Kier molecular flexibility index (Phi) is 3.46. The maximum atomic E-state index is 12.1. The van der Waals surface area contributed by atoms with Crippen LogP contribution in [0.2, 0.25) is 5.02 Å². The first-order chi connectivity index (χ1) is 7.72. The molecule has 1 aliphatic rings. The van der Waals surface area contributed by atoms with Gasteiger partial charge in [-0.2, -0.15) is 0 Å². The Morgan fingerprint density at radius 3 is 3.06 bits per heavy atom. The molecule has 1 saturated heterocycles. The Bertz CT molecular complexity index is 394. The van der Waals surface area contributed by atoms with Crippen molar-refractivity contribution in [1.29, 1.82) is 0 Å². The molecule has 0 radical (unpaired) electrons. The Hall–Kier alpha value is -1.06. The molecule has 1 heterocycles. The molecule has 1 fully saturated rings. The van der Waals surface area contributed by atoms with Crippen molar-refractivity contribution < 1.29 is 9.90 Å². The van der Waals surface area contributed by atoms with Crippen LogP contribution in [0, 0.1) is 0 Å². The molecule has 0 aromatic heterocycles. The smallest absolute Gasteiger partial charge is 0.254 e. The zero-order valence-corrected chi connectivity index (χ0v) is 9.65. The fourth-order valence-electron chi connectivity index (χ4n) is 2.08. The van der Waals surface area contributed by atoms with E-state index in [0.29, 0.717) is 10.6 Å². The first-order valence-corrected chi connectivity index (χ1v) is 5.77. The fraction of sp³-hybridized carbons (Fsp3) is 0.417. The van der Waals surface area contributed by atoms with E-state index < -0.39 is 0 Å². The van der Waals surface area contributed by atoms with Crippen molar-refractivity contribution in [3.8, 4) is 0 Å². The molecule has 0 bridgehead atoms. The van der Waals surface area contributed by atoms with Crippen LogP contribution in [-0.2, 0) is 0 Å². The number of likely N-dealkylation sites (tertiary alicyclic amines) is 1. The second-order valence-corrected chi connectivity index (χ2v) is 4.42. The van der Waals surface area contributed by atoms with Crippen LogP contribution in [0.3, 0.4) is 0 Å². The first-order valence-electron chi connectivity index (χ1n) is 5.40. The highest BCUT2D eigenvalue weighted by Gasteiger charge is 2.28. The highest BCUT2D eigenvalue weighted by atomic mass is 35.5. The molecule has 2 rings (SSSR count). The number of carbonyl (C=O) groups is 1. The molecule has 1 aromatic carbocycles. The maximum absolute atomic E-state index is 12.1. The summed E-state index contributed by atoms with van der Waals surface area (Å²) in [6, 6.07) is 6.88. The minimum Gasteiger partial charge on any atom is -0.394 e. The number of benzene rings is 1. The standard InChI is InChI=1S/C12H14ClNO2/c13-10-4-1-3-9(7-10)12(16)14-6-2-5-11(14)8-15/h1,3-4,7,11,15H,2,5-6,8H2/t11-/m1/s1. The lowest BCUT2D eigenvalue weighted by atomic mass is 10.2. The number of carbonyl (C=O) groups excluding carboxylic acids is 1. The van der Waals surface area contributed by atoms with E-state index in [-0.39, 0.29) is 18.6 Å². The van der Waals surface area contributed by atoms with Crippen LogP contribution in [0.1, 0.15) is 23.2 Å². The summed E-state index contributed by atoms with van der Waals surface area (Å²) in [5.41, 5.74) is 0.591. The highest BCUT2D eigenvalue weighted by molar-refractivity contribution is 6.30. The summed E-state index contributed by atoms with van der Waals surface area (Å²) >= 11 is 5.85. The van der Waals surface area contributed by atoms with E-state index in [1.54, 1.807) is 29.2 Å². The molecule has 0 saturated carbocycles. The van der Waals surface area contributed by atoms with E-state index in [1.807, 2.05) is 0 Å². The van der Waals surface area contributed by atoms with Crippen molar-refractivity contribution in [2.45, 2.75) is 18.9 Å². The molecule has 4 heteroatoms. The summed E-state index contributed by atoms with van der Waals surface area (Å²) in [5.74, 6) is -0.0425. The summed E-state index contributed by atoms with van der Waals surface area (Å²) < 4.78 is 0. The van der Waals surface area contributed by atoms with Crippen LogP contribution in [0.15, 0.2) is 24.3 Å². The number of halogens is 1. The average molecular weight is 240 g/mol. The number of nitrogens with zero attached hydrogens (tertiary/aromatic N) is 1. The normalized spacial score (nSPS) is 20.1. The van der Waals surface area contributed by atoms with Crippen molar-refractivity contribution in [3.05, 3.63) is 34.9 Å². The molecule has 1 atom stereocenters. The average Bonchev–Trinajstić information content (AvgIpc) is 2.76. The predicted octanol–water partition coefficient (Wildman–Crippen LogP) is 1.94. The molecule has 1 amide bonds. The Labute approximate surface area is 99.6 Å². The number of aliphatic hydroxyl groups is 1. The molecule has 1 aliphatic heterocycles. The summed E-state index contributed by atoms with van der Waals surface area (Å²) in [6.07, 6.45) is 1.83. The second kappa shape index (κ2) is 4.85. The van der Waals surface area contributed by atoms with Crippen LogP contribution in [0.5, 0.6) is 0 Å². The van der Waals surface area contributed by atoms with Crippen LogP contribution >= 0.6 is 11.6 Å². The van der Waals surface area contributed by atoms with E-state index in [1.165, 1.54) is 0 Å². The van der Waals surface area contributed by atoms with Gasteiger partial charge in [0.05, 0.1) is 12.6 Å². The molecular formula is C12H14ClNO2. The van der Waals surface area contributed by atoms with Gasteiger partial charge in [-0.15, -0.1) is 0 Å². The number of rotatable bonds is 2. The Balaban J connectivity index is 2.18. The molecule has 0 aliphatic carbocycles. The quantitative estimate of drug-likeness (QED) is 0.857. The molecule has 0 unspecified atom stereocenters. The van der Waals surface area contributed by atoms with E-state index in [2.05, 4.69) is 0 Å². The summed E-state index contributed by atoms with van der Waals surface area (Å²) in [4.78, 5) is 13.9. The van der Waals surface area contributed by atoms with Crippen molar-refractivity contribution in [3.63, 3.8) is 0 Å². The van der Waals surface area contributed by atoms with Crippen LogP contribution in [0.4, 0.5) is 0 Å². The minimum atomic E-state index is -0.0425. The lowest BCUT2D eigenvalue weighted by molar-refractivity contribution is 0.0677. The van der Waals surface area contributed by atoms with Gasteiger partial charge >= 0.3 is 0 Å². The molecule has 1 aromatic rings. The zero-order valence-electron chi connectivity index (χ0n) is 8.90. The molecule has 0 spiro atoms. The van der Waals surface area contributed by atoms with Gasteiger partial charge in [-0.05, 0) is 31.0 Å². The topological polar surface area (TPSA) is 40.5 Å². The van der Waals surface area contributed by atoms with E-state index >= 15 is 0 Å². The molecule has 3 nitrogen and oxygen atoms in total. The Morgan fingerprint density at radius 2 is 2.38 bits per heavy atom. The van der Waals surface area contributed by atoms with Crippen molar-refractivity contribution in [1.82, 2.24) is 4.90 Å². The van der Waals surface area contributed by atoms with Gasteiger partial charge < -0.3 is 10.0 Å². The monoisotopic (exact) mass is 239 g/mol. The number of aliphatic hydroxyl groups excluding tert-OH is 1. The van der Waals surface area contributed by atoms with E-state index in [9.17, 15) is 4.79 Å². The van der Waals surface area contributed by atoms with Gasteiger partial charge in [0, 0.05) is 17.1 Å². The van der Waals surface area contributed by atoms with E-state index in [4.69, 9.17) is 16.7 Å². The van der Waals surface area contributed by atoms with Crippen LogP contribution < -0.4 is 0 Å². The van der Waals surface area contributed by atoms with Gasteiger partial charge in [0.25, 0.3) is 5.91 Å². The van der Waals surface area contributed by atoms with Gasteiger partial charge in [-0.3, -0.25) is 4.79 Å². The lowest BCUT2D eigenvalue weighted by Gasteiger charge is -2.23. The van der Waals surface area contributed by atoms with Crippen molar-refractivity contribution in [2.75, 3.05) is 13.2 Å². The van der Waals surface area contributed by atoms with Gasteiger partial charge in [0.2, 0.25) is 0 Å². The molecule has 1 N–H and O–H groups in total. The predicted molar refractivity (Wildman–Crippen MR) is 62.6 cm³/mol. The fourth-order valence-corrected chi connectivity index (χ4v) is 2.27. The molecular weight excluding hydrogens is 226 g/mol. The van der Waals surface area contributed by atoms with Crippen molar-refractivity contribution >= 4 is 17.5 Å².